The predicted octanol–water partition coefficient (Wildman–Crippen LogP) is 6.99. The minimum atomic E-state index is -0.842. The van der Waals surface area contributed by atoms with Crippen molar-refractivity contribution in [3.05, 3.63) is 94.8 Å². The molecule has 1 fully saturated rings. The van der Waals surface area contributed by atoms with Crippen LogP contribution in [-0.4, -0.2) is 30.6 Å². The number of piperidine rings is 1. The van der Waals surface area contributed by atoms with Gasteiger partial charge in [-0.05, 0) is 78.4 Å². The standard InChI is InChI=1S/C30H32F3N3O/c1-29(2,3)21-6-4-20(5-7-21)18-35-14-12-30(13-15-35)19-36(27-11-9-22(31)16-24(27)30)28(37)34-26-10-8-23(32)17-25(26)33/h4-11,16-17H,12-15,18-19H2,1-3H3,(H,34,37). The summed E-state index contributed by atoms with van der Waals surface area (Å²) in [4.78, 5) is 17.1. The smallest absolute Gasteiger partial charge is 0.305 e. The fourth-order valence-corrected chi connectivity index (χ4v) is 5.53. The molecule has 2 aliphatic rings. The number of carbonyl (C=O) groups is 1. The number of hydrogen-bond donors (Lipinski definition) is 1. The molecule has 3 aromatic rings. The summed E-state index contributed by atoms with van der Waals surface area (Å²) in [5.41, 5.74) is 3.65. The quantitative estimate of drug-likeness (QED) is 0.415. The minimum Gasteiger partial charge on any atom is -0.305 e. The third-order valence-electron chi connectivity index (χ3n) is 7.74. The molecule has 0 saturated carbocycles. The van der Waals surface area contributed by atoms with E-state index in [9.17, 15) is 18.0 Å². The molecule has 4 nitrogen and oxygen atoms in total. The first kappa shape index (κ1) is 25.3. The van der Waals surface area contributed by atoms with Crippen molar-refractivity contribution >= 4 is 17.4 Å². The lowest BCUT2D eigenvalue weighted by Crippen LogP contribution is -2.46. The SMILES string of the molecule is CC(C)(C)c1ccc(CN2CCC3(CC2)CN(C(=O)Nc2ccc(F)cc2F)c2ccc(F)cc23)cc1. The van der Waals surface area contributed by atoms with Gasteiger partial charge in [-0.1, -0.05) is 45.0 Å². The number of rotatable bonds is 3. The predicted molar refractivity (Wildman–Crippen MR) is 140 cm³/mol. The van der Waals surface area contributed by atoms with Gasteiger partial charge in [-0.2, -0.15) is 0 Å². The van der Waals surface area contributed by atoms with Crippen LogP contribution in [0.3, 0.4) is 0 Å². The molecule has 5 rings (SSSR count). The van der Waals surface area contributed by atoms with Gasteiger partial charge in [-0.25, -0.2) is 18.0 Å². The van der Waals surface area contributed by atoms with Crippen molar-refractivity contribution in [2.75, 3.05) is 29.9 Å². The molecule has 0 atom stereocenters. The molecule has 7 heteroatoms. The summed E-state index contributed by atoms with van der Waals surface area (Å²) in [6.45, 7) is 9.47. The van der Waals surface area contributed by atoms with Gasteiger partial charge in [0, 0.05) is 30.3 Å². The van der Waals surface area contributed by atoms with Gasteiger partial charge in [-0.3, -0.25) is 9.80 Å². The van der Waals surface area contributed by atoms with E-state index in [0.29, 0.717) is 12.2 Å². The van der Waals surface area contributed by atoms with Crippen LogP contribution < -0.4 is 10.2 Å². The molecule has 2 amide bonds. The summed E-state index contributed by atoms with van der Waals surface area (Å²) >= 11 is 0. The molecule has 1 N–H and O–H groups in total. The van der Waals surface area contributed by atoms with Crippen LogP contribution in [0.2, 0.25) is 0 Å². The van der Waals surface area contributed by atoms with Crippen LogP contribution in [0.5, 0.6) is 0 Å². The molecule has 0 bridgehead atoms. The van der Waals surface area contributed by atoms with Crippen molar-refractivity contribution in [1.29, 1.82) is 0 Å². The molecular weight excluding hydrogens is 475 g/mol. The summed E-state index contributed by atoms with van der Waals surface area (Å²) in [6.07, 6.45) is 1.55. The highest BCUT2D eigenvalue weighted by atomic mass is 19.1. The lowest BCUT2D eigenvalue weighted by Gasteiger charge is -2.40. The number of carbonyl (C=O) groups excluding carboxylic acids is 1. The Balaban J connectivity index is 1.31. The first-order chi connectivity index (χ1) is 17.5. The van der Waals surface area contributed by atoms with Crippen LogP contribution in [0.25, 0.3) is 0 Å². The largest absolute Gasteiger partial charge is 0.326 e. The van der Waals surface area contributed by atoms with Gasteiger partial charge in [0.25, 0.3) is 0 Å². The van der Waals surface area contributed by atoms with Gasteiger partial charge in [0.1, 0.15) is 17.5 Å². The Morgan fingerprint density at radius 1 is 0.919 bits per heavy atom. The number of likely N-dealkylation sites (tertiary alicyclic amines) is 1. The number of halogens is 3. The molecule has 0 unspecified atom stereocenters. The molecule has 1 saturated heterocycles. The van der Waals surface area contributed by atoms with E-state index in [1.807, 2.05) is 0 Å². The van der Waals surface area contributed by atoms with Crippen LogP contribution in [0, 0.1) is 17.5 Å². The molecular formula is C30H32F3N3O. The summed E-state index contributed by atoms with van der Waals surface area (Å²) < 4.78 is 41.8. The molecule has 2 heterocycles. The highest BCUT2D eigenvalue weighted by Gasteiger charge is 2.46. The summed E-state index contributed by atoms with van der Waals surface area (Å²) in [7, 11) is 0. The first-order valence-corrected chi connectivity index (χ1v) is 12.7. The zero-order chi connectivity index (χ0) is 26.4. The number of benzene rings is 3. The summed E-state index contributed by atoms with van der Waals surface area (Å²) in [5, 5.41) is 2.55. The number of amides is 2. The highest BCUT2D eigenvalue weighted by Crippen LogP contribution is 2.47. The second kappa shape index (κ2) is 9.53. The maximum atomic E-state index is 14.3. The normalized spacial score (nSPS) is 17.2. The second-order valence-corrected chi connectivity index (χ2v) is 11.3. The molecule has 37 heavy (non-hydrogen) atoms. The fraction of sp³-hybridized carbons (Fsp3) is 0.367. The first-order valence-electron chi connectivity index (χ1n) is 12.7. The van der Waals surface area contributed by atoms with Crippen LogP contribution in [0.15, 0.2) is 60.7 Å². The number of nitrogens with zero attached hydrogens (tertiary/aromatic N) is 2. The van der Waals surface area contributed by atoms with Gasteiger partial charge in [0.05, 0.1) is 5.69 Å². The van der Waals surface area contributed by atoms with Crippen LogP contribution in [0.1, 0.15) is 50.3 Å². The lowest BCUT2D eigenvalue weighted by atomic mass is 9.74. The Kier molecular flexibility index (Phi) is 6.52. The van der Waals surface area contributed by atoms with E-state index in [1.165, 1.54) is 29.3 Å². The average molecular weight is 508 g/mol. The van der Waals surface area contributed by atoms with Crippen molar-refractivity contribution in [3.8, 4) is 0 Å². The van der Waals surface area contributed by atoms with Crippen molar-refractivity contribution < 1.29 is 18.0 Å². The topological polar surface area (TPSA) is 35.6 Å². The molecule has 2 aliphatic heterocycles. The Labute approximate surface area is 216 Å². The zero-order valence-corrected chi connectivity index (χ0v) is 21.5. The van der Waals surface area contributed by atoms with E-state index >= 15 is 0 Å². The Hall–Kier alpha value is -3.32. The van der Waals surface area contributed by atoms with E-state index in [-0.39, 0.29) is 22.3 Å². The van der Waals surface area contributed by atoms with E-state index < -0.39 is 17.7 Å². The number of anilines is 2. The maximum absolute atomic E-state index is 14.3. The van der Waals surface area contributed by atoms with Crippen molar-refractivity contribution in [2.45, 2.75) is 51.0 Å². The van der Waals surface area contributed by atoms with Crippen LogP contribution in [-0.2, 0) is 17.4 Å². The Bertz CT molecular complexity index is 1310. The van der Waals surface area contributed by atoms with Gasteiger partial charge >= 0.3 is 6.03 Å². The van der Waals surface area contributed by atoms with E-state index in [2.05, 4.69) is 55.3 Å². The molecule has 0 radical (unpaired) electrons. The molecule has 3 aromatic carbocycles. The summed E-state index contributed by atoms with van der Waals surface area (Å²) in [6, 6.07) is 15.8. The summed E-state index contributed by atoms with van der Waals surface area (Å²) in [5.74, 6) is -1.90. The number of hydrogen-bond acceptors (Lipinski definition) is 2. The van der Waals surface area contributed by atoms with Gasteiger partial charge in [-0.15, -0.1) is 0 Å². The number of urea groups is 1. The van der Waals surface area contributed by atoms with E-state index in [1.54, 1.807) is 11.0 Å². The molecule has 0 aromatic heterocycles. The highest BCUT2D eigenvalue weighted by molar-refractivity contribution is 6.03. The lowest BCUT2D eigenvalue weighted by molar-refractivity contribution is 0.160. The fourth-order valence-electron chi connectivity index (χ4n) is 5.53. The third kappa shape index (κ3) is 5.10. The van der Waals surface area contributed by atoms with E-state index in [0.717, 1.165) is 50.2 Å². The van der Waals surface area contributed by atoms with Crippen LogP contribution >= 0.6 is 0 Å². The van der Waals surface area contributed by atoms with Crippen molar-refractivity contribution in [2.24, 2.45) is 0 Å². The van der Waals surface area contributed by atoms with Gasteiger partial charge in [0.15, 0.2) is 0 Å². The van der Waals surface area contributed by atoms with Crippen molar-refractivity contribution in [1.82, 2.24) is 4.90 Å². The van der Waals surface area contributed by atoms with Gasteiger partial charge < -0.3 is 5.32 Å². The number of nitrogens with one attached hydrogen (secondary N) is 1. The van der Waals surface area contributed by atoms with Crippen molar-refractivity contribution in [3.63, 3.8) is 0 Å². The molecule has 194 valence electrons. The zero-order valence-electron chi connectivity index (χ0n) is 21.5. The Morgan fingerprint density at radius 3 is 2.22 bits per heavy atom. The van der Waals surface area contributed by atoms with Gasteiger partial charge in [0.2, 0.25) is 0 Å². The molecule has 1 spiro atoms. The van der Waals surface area contributed by atoms with Crippen LogP contribution in [0.4, 0.5) is 29.3 Å². The monoisotopic (exact) mass is 507 g/mol. The Morgan fingerprint density at radius 2 is 1.57 bits per heavy atom. The minimum absolute atomic E-state index is 0.0942. The third-order valence-corrected chi connectivity index (χ3v) is 7.74. The average Bonchev–Trinajstić information content (AvgIpc) is 3.15. The number of fused-ring (bicyclic) bond motifs is 2. The maximum Gasteiger partial charge on any atom is 0.326 e. The van der Waals surface area contributed by atoms with E-state index in [4.69, 9.17) is 0 Å². The molecule has 0 aliphatic carbocycles. The second-order valence-electron chi connectivity index (χ2n) is 11.3.